The molecule has 29 heavy (non-hydrogen) atoms. The number of thioether (sulfide) groups is 1. The Morgan fingerprint density at radius 2 is 1.97 bits per heavy atom. The van der Waals surface area contributed by atoms with E-state index in [0.717, 1.165) is 53.3 Å². The van der Waals surface area contributed by atoms with E-state index in [2.05, 4.69) is 25.4 Å². The van der Waals surface area contributed by atoms with Crippen LogP contribution in [0.2, 0.25) is 0 Å². The molecular formula is C19H21N5O3S2. The molecule has 2 aromatic heterocycles. The number of amides is 1. The summed E-state index contributed by atoms with van der Waals surface area (Å²) in [5.41, 5.74) is 2.76. The Hall–Kier alpha value is -2.43. The number of nitrogens with zero attached hydrogens (tertiary/aromatic N) is 4. The number of morpholine rings is 1. The largest absolute Gasteiger partial charge is 0.410 e. The van der Waals surface area contributed by atoms with Crippen molar-refractivity contribution in [3.8, 4) is 10.8 Å². The normalized spacial score (nSPS) is 14.2. The molecule has 3 heterocycles. The Morgan fingerprint density at radius 3 is 2.66 bits per heavy atom. The lowest BCUT2D eigenvalue weighted by Crippen LogP contribution is -2.36. The highest BCUT2D eigenvalue weighted by molar-refractivity contribution is 7.99. The lowest BCUT2D eigenvalue weighted by Gasteiger charge is -2.28. The van der Waals surface area contributed by atoms with E-state index in [-0.39, 0.29) is 11.7 Å². The van der Waals surface area contributed by atoms with E-state index in [4.69, 9.17) is 9.15 Å². The molecule has 0 spiro atoms. The molecule has 1 aromatic carbocycles. The molecule has 1 N–H and O–H groups in total. The fourth-order valence-corrected chi connectivity index (χ4v) is 4.40. The van der Waals surface area contributed by atoms with Crippen molar-refractivity contribution >= 4 is 40.4 Å². The molecule has 4 rings (SSSR count). The van der Waals surface area contributed by atoms with Crippen LogP contribution in [0.25, 0.3) is 10.8 Å². The predicted molar refractivity (Wildman–Crippen MR) is 114 cm³/mol. The molecule has 10 heteroatoms. The maximum Gasteiger partial charge on any atom is 0.277 e. The molecule has 1 amide bonds. The van der Waals surface area contributed by atoms with Gasteiger partial charge in [-0.2, -0.15) is 0 Å². The SMILES string of the molecule is Cc1nc(C)c(-c2nnc(SCC(=O)Nc3ccc(N4CCOCC4)cc3)o2)s1. The van der Waals surface area contributed by atoms with Crippen LogP contribution in [0.15, 0.2) is 33.9 Å². The minimum atomic E-state index is -0.126. The number of carbonyl (C=O) groups is 1. The van der Waals surface area contributed by atoms with Gasteiger partial charge in [-0.25, -0.2) is 4.98 Å². The van der Waals surface area contributed by atoms with Gasteiger partial charge >= 0.3 is 0 Å². The Morgan fingerprint density at radius 1 is 1.21 bits per heavy atom. The first-order chi connectivity index (χ1) is 14.1. The smallest absolute Gasteiger partial charge is 0.277 e. The van der Waals surface area contributed by atoms with Gasteiger partial charge in [-0.05, 0) is 38.1 Å². The van der Waals surface area contributed by atoms with Gasteiger partial charge in [-0.15, -0.1) is 21.5 Å². The Labute approximate surface area is 176 Å². The number of nitrogens with one attached hydrogen (secondary N) is 1. The lowest BCUT2D eigenvalue weighted by atomic mass is 10.2. The molecule has 0 radical (unpaired) electrons. The maximum absolute atomic E-state index is 12.2. The summed E-state index contributed by atoms with van der Waals surface area (Å²) in [4.78, 5) is 19.7. The topological polar surface area (TPSA) is 93.4 Å². The third-order valence-corrected chi connectivity index (χ3v) is 6.24. The number of aromatic nitrogens is 3. The minimum absolute atomic E-state index is 0.126. The van der Waals surface area contributed by atoms with Crippen LogP contribution >= 0.6 is 23.1 Å². The standard InChI is InChI=1S/C19H21N5O3S2/c1-12-17(29-13(2)20-12)18-22-23-19(27-18)28-11-16(25)21-14-3-5-15(6-4-14)24-7-9-26-10-8-24/h3-6H,7-11H2,1-2H3,(H,21,25). The monoisotopic (exact) mass is 431 g/mol. The summed E-state index contributed by atoms with van der Waals surface area (Å²) in [7, 11) is 0. The third-order valence-electron chi connectivity index (χ3n) is 4.36. The quantitative estimate of drug-likeness (QED) is 0.594. The van der Waals surface area contributed by atoms with Crippen LogP contribution in [0.3, 0.4) is 0 Å². The molecule has 1 saturated heterocycles. The number of carbonyl (C=O) groups excluding carboxylic acids is 1. The van der Waals surface area contributed by atoms with Crippen LogP contribution in [0.5, 0.6) is 0 Å². The van der Waals surface area contributed by atoms with Gasteiger partial charge in [-0.1, -0.05) is 11.8 Å². The fraction of sp³-hybridized carbons (Fsp3) is 0.368. The molecule has 0 saturated carbocycles. The molecule has 3 aromatic rings. The van der Waals surface area contributed by atoms with E-state index in [1.165, 1.54) is 23.1 Å². The van der Waals surface area contributed by atoms with Crippen molar-refractivity contribution < 1.29 is 13.9 Å². The molecule has 1 aliphatic heterocycles. The zero-order chi connectivity index (χ0) is 20.2. The summed E-state index contributed by atoms with van der Waals surface area (Å²) >= 11 is 2.72. The Kier molecular flexibility index (Phi) is 6.12. The average molecular weight is 432 g/mol. The van der Waals surface area contributed by atoms with Crippen molar-refractivity contribution in [2.75, 3.05) is 42.3 Å². The number of aryl methyl sites for hydroxylation is 2. The number of benzene rings is 1. The summed E-state index contributed by atoms with van der Waals surface area (Å²) in [6.45, 7) is 7.10. The van der Waals surface area contributed by atoms with Crippen LogP contribution < -0.4 is 10.2 Å². The van der Waals surface area contributed by atoms with Crippen molar-refractivity contribution in [2.24, 2.45) is 0 Å². The highest BCUT2D eigenvalue weighted by atomic mass is 32.2. The summed E-state index contributed by atoms with van der Waals surface area (Å²) in [5.74, 6) is 0.501. The number of thiazole rings is 1. The average Bonchev–Trinajstić information content (AvgIpc) is 3.33. The molecule has 0 unspecified atom stereocenters. The second-order valence-corrected chi connectivity index (χ2v) is 8.63. The third kappa shape index (κ3) is 4.95. The van der Waals surface area contributed by atoms with Gasteiger partial charge in [0, 0.05) is 24.5 Å². The molecule has 1 aliphatic rings. The molecule has 0 atom stereocenters. The number of ether oxygens (including phenoxy) is 1. The fourth-order valence-electron chi connectivity index (χ4n) is 2.99. The summed E-state index contributed by atoms with van der Waals surface area (Å²) in [6.07, 6.45) is 0. The number of hydrogen-bond acceptors (Lipinski definition) is 9. The molecule has 0 aliphatic carbocycles. The molecule has 0 bridgehead atoms. The second-order valence-electron chi connectivity index (χ2n) is 6.50. The van der Waals surface area contributed by atoms with Crippen molar-refractivity contribution in [1.82, 2.24) is 15.2 Å². The molecule has 152 valence electrons. The number of hydrogen-bond donors (Lipinski definition) is 1. The first-order valence-electron chi connectivity index (χ1n) is 9.22. The first-order valence-corrected chi connectivity index (χ1v) is 11.0. The molecular weight excluding hydrogens is 410 g/mol. The van der Waals surface area contributed by atoms with Crippen molar-refractivity contribution in [3.63, 3.8) is 0 Å². The van der Waals surface area contributed by atoms with E-state index in [0.29, 0.717) is 11.1 Å². The summed E-state index contributed by atoms with van der Waals surface area (Å²) < 4.78 is 11.0. The van der Waals surface area contributed by atoms with Gasteiger partial charge in [0.15, 0.2) is 0 Å². The predicted octanol–water partition coefficient (Wildman–Crippen LogP) is 3.38. The minimum Gasteiger partial charge on any atom is -0.410 e. The van der Waals surface area contributed by atoms with Gasteiger partial charge in [-0.3, -0.25) is 4.79 Å². The number of rotatable bonds is 6. The Bertz CT molecular complexity index is 980. The number of anilines is 2. The molecule has 1 fully saturated rings. The highest BCUT2D eigenvalue weighted by Gasteiger charge is 2.16. The maximum atomic E-state index is 12.2. The second kappa shape index (κ2) is 8.93. The van der Waals surface area contributed by atoms with Crippen LogP contribution in [0.4, 0.5) is 11.4 Å². The van der Waals surface area contributed by atoms with Gasteiger partial charge < -0.3 is 19.4 Å². The zero-order valence-corrected chi connectivity index (χ0v) is 17.8. The first kappa shape index (κ1) is 19.9. The van der Waals surface area contributed by atoms with Crippen molar-refractivity contribution in [2.45, 2.75) is 19.1 Å². The van der Waals surface area contributed by atoms with Crippen molar-refractivity contribution in [1.29, 1.82) is 0 Å². The van der Waals surface area contributed by atoms with E-state index in [9.17, 15) is 4.79 Å². The van der Waals surface area contributed by atoms with Crippen LogP contribution in [0, 0.1) is 13.8 Å². The van der Waals surface area contributed by atoms with Crippen LogP contribution in [0.1, 0.15) is 10.7 Å². The van der Waals surface area contributed by atoms with E-state index < -0.39 is 0 Å². The van der Waals surface area contributed by atoms with Crippen molar-refractivity contribution in [3.05, 3.63) is 35.0 Å². The van der Waals surface area contributed by atoms with Crippen LogP contribution in [-0.2, 0) is 9.53 Å². The van der Waals surface area contributed by atoms with Gasteiger partial charge in [0.05, 0.1) is 29.7 Å². The van der Waals surface area contributed by atoms with E-state index in [1.54, 1.807) is 0 Å². The van der Waals surface area contributed by atoms with E-state index in [1.807, 2.05) is 38.1 Å². The van der Waals surface area contributed by atoms with Gasteiger partial charge in [0.25, 0.3) is 11.1 Å². The van der Waals surface area contributed by atoms with E-state index >= 15 is 0 Å². The van der Waals surface area contributed by atoms with Gasteiger partial charge in [0.2, 0.25) is 5.91 Å². The Balaban J connectivity index is 1.29. The summed E-state index contributed by atoms with van der Waals surface area (Å²) in [6, 6.07) is 7.84. The molecule has 8 nitrogen and oxygen atoms in total. The van der Waals surface area contributed by atoms with Crippen LogP contribution in [-0.4, -0.2) is 53.1 Å². The van der Waals surface area contributed by atoms with Gasteiger partial charge in [0.1, 0.15) is 4.88 Å². The lowest BCUT2D eigenvalue weighted by molar-refractivity contribution is -0.113. The zero-order valence-electron chi connectivity index (χ0n) is 16.2. The highest BCUT2D eigenvalue weighted by Crippen LogP contribution is 2.30. The summed E-state index contributed by atoms with van der Waals surface area (Å²) in [5, 5.41) is 12.3.